The minimum absolute atomic E-state index is 0.0456. The molecule has 0 aliphatic heterocycles. The number of fused-ring (bicyclic) bond motifs is 1. The molecule has 10 heteroatoms. The molecule has 0 aliphatic rings. The van der Waals surface area contributed by atoms with E-state index in [2.05, 4.69) is 15.6 Å². The quantitative estimate of drug-likeness (QED) is 0.266. The predicted octanol–water partition coefficient (Wildman–Crippen LogP) is 4.91. The van der Waals surface area contributed by atoms with Crippen LogP contribution in [0, 0.1) is 19.7 Å². The summed E-state index contributed by atoms with van der Waals surface area (Å²) in [5.41, 5.74) is 4.98. The van der Waals surface area contributed by atoms with Crippen LogP contribution in [0.4, 0.5) is 10.1 Å². The fourth-order valence-electron chi connectivity index (χ4n) is 5.13. The maximum Gasteiger partial charge on any atom is 0.277 e. The highest BCUT2D eigenvalue weighted by molar-refractivity contribution is 5.96. The van der Waals surface area contributed by atoms with E-state index in [4.69, 9.17) is 0 Å². The Bertz CT molecular complexity index is 1960. The summed E-state index contributed by atoms with van der Waals surface area (Å²) in [6, 6.07) is 17.2. The molecule has 2 amide bonds. The standard InChI is InChI=1S/C34H35FN6O3/c1-20-10-11-24(33(43)39(5)6)15-28(20)31-37-17-29(38-32(42)22(3)36-4)34(44)41(31)19-23-8-7-9-26(14-23)40-18-21(2)27-16-25(35)12-13-30(27)40/h7-18,22,36H,19H2,1-6H3,(H,38,42)/t22-/m0/s1. The highest BCUT2D eigenvalue weighted by Gasteiger charge is 2.20. The summed E-state index contributed by atoms with van der Waals surface area (Å²) in [4.78, 5) is 45.6. The third-order valence-electron chi connectivity index (χ3n) is 7.76. The van der Waals surface area contributed by atoms with Gasteiger partial charge in [-0.3, -0.25) is 19.0 Å². The molecule has 0 aliphatic carbocycles. The van der Waals surface area contributed by atoms with Gasteiger partial charge in [-0.15, -0.1) is 0 Å². The Labute approximate surface area is 255 Å². The fraction of sp³-hybridized carbons (Fsp3) is 0.235. The number of benzene rings is 3. The van der Waals surface area contributed by atoms with Crippen molar-refractivity contribution in [2.75, 3.05) is 26.5 Å². The topological polar surface area (TPSA) is 101 Å². The van der Waals surface area contributed by atoms with Crippen molar-refractivity contribution in [2.24, 2.45) is 0 Å². The van der Waals surface area contributed by atoms with Crippen LogP contribution < -0.4 is 16.2 Å². The smallest absolute Gasteiger partial charge is 0.277 e. The van der Waals surface area contributed by atoms with E-state index in [1.54, 1.807) is 46.3 Å². The maximum absolute atomic E-state index is 14.0. The van der Waals surface area contributed by atoms with Crippen LogP contribution in [0.5, 0.6) is 0 Å². The Morgan fingerprint density at radius 3 is 2.52 bits per heavy atom. The molecule has 3 aromatic carbocycles. The molecule has 9 nitrogen and oxygen atoms in total. The van der Waals surface area contributed by atoms with Crippen LogP contribution in [0.15, 0.2) is 77.9 Å². The van der Waals surface area contributed by atoms with Crippen LogP contribution in [0.1, 0.15) is 34.0 Å². The lowest BCUT2D eigenvalue weighted by molar-refractivity contribution is -0.117. The first-order valence-electron chi connectivity index (χ1n) is 14.3. The molecule has 5 aromatic rings. The second-order valence-electron chi connectivity index (χ2n) is 11.1. The second kappa shape index (κ2) is 12.3. The zero-order valence-electron chi connectivity index (χ0n) is 25.6. The second-order valence-corrected chi connectivity index (χ2v) is 11.1. The fourth-order valence-corrected chi connectivity index (χ4v) is 5.13. The molecule has 44 heavy (non-hydrogen) atoms. The summed E-state index contributed by atoms with van der Waals surface area (Å²) in [6.45, 7) is 5.66. The van der Waals surface area contributed by atoms with Crippen LogP contribution in [-0.4, -0.2) is 58.0 Å². The first-order valence-corrected chi connectivity index (χ1v) is 14.3. The zero-order chi connectivity index (χ0) is 31.7. The SMILES string of the molecule is CN[C@@H](C)C(=O)Nc1cnc(-c2cc(C(=O)N(C)C)ccc2C)n(Cc2cccc(-n3cc(C)c4cc(F)ccc43)c2)c1=O. The number of nitrogens with zero attached hydrogens (tertiary/aromatic N) is 4. The van der Waals surface area contributed by atoms with Crippen molar-refractivity contribution in [1.29, 1.82) is 0 Å². The Balaban J connectivity index is 1.64. The molecule has 0 bridgehead atoms. The molecule has 0 spiro atoms. The highest BCUT2D eigenvalue weighted by Crippen LogP contribution is 2.27. The van der Waals surface area contributed by atoms with Crippen LogP contribution in [0.2, 0.25) is 0 Å². The third kappa shape index (κ3) is 5.89. The lowest BCUT2D eigenvalue weighted by Crippen LogP contribution is -2.38. The van der Waals surface area contributed by atoms with Gasteiger partial charge >= 0.3 is 0 Å². The van der Waals surface area contributed by atoms with Gasteiger partial charge in [0.25, 0.3) is 11.5 Å². The summed E-state index contributed by atoms with van der Waals surface area (Å²) in [5.74, 6) is -0.474. The third-order valence-corrected chi connectivity index (χ3v) is 7.76. The molecule has 2 heterocycles. The molecular weight excluding hydrogens is 559 g/mol. The minimum Gasteiger partial charge on any atom is -0.345 e. The highest BCUT2D eigenvalue weighted by atomic mass is 19.1. The molecule has 2 N–H and O–H groups in total. The van der Waals surface area contributed by atoms with Crippen molar-refractivity contribution in [3.63, 3.8) is 0 Å². The summed E-state index contributed by atoms with van der Waals surface area (Å²) < 4.78 is 17.5. The number of aromatic nitrogens is 3. The molecule has 1 atom stereocenters. The number of halogens is 1. The van der Waals surface area contributed by atoms with E-state index >= 15 is 0 Å². The van der Waals surface area contributed by atoms with Crippen molar-refractivity contribution in [1.82, 2.24) is 24.3 Å². The molecule has 0 saturated carbocycles. The predicted molar refractivity (Wildman–Crippen MR) is 171 cm³/mol. The number of hydrogen-bond acceptors (Lipinski definition) is 5. The number of amides is 2. The van der Waals surface area contributed by atoms with Gasteiger partial charge in [-0.2, -0.15) is 0 Å². The van der Waals surface area contributed by atoms with E-state index in [1.165, 1.54) is 27.8 Å². The average molecular weight is 595 g/mol. The van der Waals surface area contributed by atoms with E-state index in [0.29, 0.717) is 17.0 Å². The van der Waals surface area contributed by atoms with Gasteiger partial charge in [0.15, 0.2) is 0 Å². The van der Waals surface area contributed by atoms with Gasteiger partial charge in [0, 0.05) is 42.5 Å². The van der Waals surface area contributed by atoms with E-state index in [0.717, 1.165) is 33.3 Å². The Kier molecular flexibility index (Phi) is 8.46. The normalized spacial score (nSPS) is 11.9. The molecule has 0 radical (unpaired) electrons. The minimum atomic E-state index is -0.525. The Hall–Kier alpha value is -5.09. The number of hydrogen-bond donors (Lipinski definition) is 2. The Morgan fingerprint density at radius 2 is 1.80 bits per heavy atom. The summed E-state index contributed by atoms with van der Waals surface area (Å²) in [5, 5.41) is 6.38. The van der Waals surface area contributed by atoms with Crippen molar-refractivity contribution in [3.05, 3.63) is 111 Å². The van der Waals surface area contributed by atoms with Gasteiger partial charge in [0.2, 0.25) is 5.91 Å². The van der Waals surface area contributed by atoms with Crippen LogP contribution in [0.25, 0.3) is 28.0 Å². The van der Waals surface area contributed by atoms with Crippen molar-refractivity contribution < 1.29 is 14.0 Å². The van der Waals surface area contributed by atoms with Gasteiger partial charge in [0.05, 0.1) is 24.3 Å². The molecule has 226 valence electrons. The molecular formula is C34H35FN6O3. The van der Waals surface area contributed by atoms with E-state index < -0.39 is 11.6 Å². The number of carbonyl (C=O) groups excluding carboxylic acids is 2. The summed E-state index contributed by atoms with van der Waals surface area (Å²) in [6.07, 6.45) is 3.32. The largest absolute Gasteiger partial charge is 0.345 e. The number of anilines is 1. The van der Waals surface area contributed by atoms with Gasteiger partial charge < -0.3 is 20.1 Å². The summed E-state index contributed by atoms with van der Waals surface area (Å²) in [7, 11) is 5.02. The number of nitrogens with one attached hydrogen (secondary N) is 2. The maximum atomic E-state index is 14.0. The zero-order valence-corrected chi connectivity index (χ0v) is 25.6. The van der Waals surface area contributed by atoms with Crippen molar-refractivity contribution in [3.8, 4) is 17.1 Å². The van der Waals surface area contributed by atoms with Crippen LogP contribution in [0.3, 0.4) is 0 Å². The van der Waals surface area contributed by atoms with E-state index in [-0.39, 0.29) is 29.9 Å². The van der Waals surface area contributed by atoms with Gasteiger partial charge in [-0.1, -0.05) is 18.2 Å². The number of aryl methyl sites for hydroxylation is 2. The molecule has 5 rings (SSSR count). The molecule has 0 unspecified atom stereocenters. The monoisotopic (exact) mass is 594 g/mol. The van der Waals surface area contributed by atoms with E-state index in [1.807, 2.05) is 54.9 Å². The number of rotatable bonds is 8. The molecule has 2 aromatic heterocycles. The number of carbonyl (C=O) groups is 2. The Morgan fingerprint density at radius 1 is 1.02 bits per heavy atom. The lowest BCUT2D eigenvalue weighted by Gasteiger charge is -2.18. The van der Waals surface area contributed by atoms with Crippen molar-refractivity contribution in [2.45, 2.75) is 33.4 Å². The first kappa shape index (κ1) is 30.4. The van der Waals surface area contributed by atoms with E-state index in [9.17, 15) is 18.8 Å². The average Bonchev–Trinajstić information content (AvgIpc) is 3.34. The number of likely N-dealkylation sites (N-methyl/N-ethyl adjacent to an activating group) is 1. The van der Waals surface area contributed by atoms with Gasteiger partial charge in [-0.05, 0) is 87.0 Å². The lowest BCUT2D eigenvalue weighted by atomic mass is 10.0. The molecule has 0 saturated heterocycles. The van der Waals surface area contributed by atoms with Gasteiger partial charge in [-0.25, -0.2) is 9.37 Å². The summed E-state index contributed by atoms with van der Waals surface area (Å²) >= 11 is 0. The first-order chi connectivity index (χ1) is 21.0. The van der Waals surface area contributed by atoms with Gasteiger partial charge in [0.1, 0.15) is 17.3 Å². The van der Waals surface area contributed by atoms with Crippen LogP contribution >= 0.6 is 0 Å². The van der Waals surface area contributed by atoms with Crippen molar-refractivity contribution >= 4 is 28.4 Å². The molecule has 0 fully saturated rings. The van der Waals surface area contributed by atoms with Crippen LogP contribution in [-0.2, 0) is 11.3 Å².